The van der Waals surface area contributed by atoms with Crippen molar-refractivity contribution >= 4 is 29.1 Å². The number of ether oxygens (including phenoxy) is 2. The molecule has 24 heavy (non-hydrogen) atoms. The Balaban J connectivity index is 2.40. The fourth-order valence-electron chi connectivity index (χ4n) is 2.40. The number of amides is 1. The topological polar surface area (TPSA) is 47.6 Å². The van der Waals surface area contributed by atoms with Crippen molar-refractivity contribution in [1.82, 2.24) is 5.32 Å². The Kier molecular flexibility index (Phi) is 7.06. The quantitative estimate of drug-likeness (QED) is 0.731. The lowest BCUT2D eigenvalue weighted by Gasteiger charge is -2.28. The van der Waals surface area contributed by atoms with Crippen LogP contribution in [0.25, 0.3) is 0 Å². The van der Waals surface area contributed by atoms with Crippen molar-refractivity contribution < 1.29 is 14.3 Å². The van der Waals surface area contributed by atoms with Crippen molar-refractivity contribution in [2.24, 2.45) is 0 Å². The molecule has 0 heterocycles. The molecule has 6 heteroatoms. The number of carbonyl (C=O) groups is 1. The molecule has 1 amide bonds. The zero-order valence-corrected chi connectivity index (χ0v) is 15.0. The van der Waals surface area contributed by atoms with Crippen LogP contribution in [0, 0.1) is 0 Å². The highest BCUT2D eigenvalue weighted by molar-refractivity contribution is 6.30. The summed E-state index contributed by atoms with van der Waals surface area (Å²) in [5.74, 6) is -0.157. The van der Waals surface area contributed by atoms with Gasteiger partial charge in [-0.3, -0.25) is 4.79 Å². The summed E-state index contributed by atoms with van der Waals surface area (Å²) in [6.07, 6.45) is -0.438. The Morgan fingerprint density at radius 3 is 1.96 bits per heavy atom. The second-order valence-electron chi connectivity index (χ2n) is 5.28. The van der Waals surface area contributed by atoms with Crippen molar-refractivity contribution in [2.75, 3.05) is 13.9 Å². The Hall–Kier alpha value is -1.59. The van der Waals surface area contributed by atoms with E-state index in [0.29, 0.717) is 10.0 Å². The van der Waals surface area contributed by atoms with Crippen LogP contribution in [0.4, 0.5) is 0 Å². The van der Waals surface area contributed by atoms with Gasteiger partial charge in [-0.1, -0.05) is 47.5 Å². The minimum atomic E-state index is -0.438. The minimum absolute atomic E-state index is 0.0942. The van der Waals surface area contributed by atoms with E-state index >= 15 is 0 Å². The summed E-state index contributed by atoms with van der Waals surface area (Å²) in [6.45, 7) is 1.56. The second kappa shape index (κ2) is 9.04. The third kappa shape index (κ3) is 5.21. The van der Waals surface area contributed by atoms with E-state index in [0.717, 1.165) is 11.1 Å². The van der Waals surface area contributed by atoms with Gasteiger partial charge in [-0.15, -0.1) is 0 Å². The van der Waals surface area contributed by atoms with Crippen molar-refractivity contribution in [3.8, 4) is 0 Å². The van der Waals surface area contributed by atoms with Crippen LogP contribution in [-0.2, 0) is 14.3 Å². The van der Waals surface area contributed by atoms with E-state index in [1.165, 1.54) is 6.92 Å². The van der Waals surface area contributed by atoms with Gasteiger partial charge in [-0.2, -0.15) is 0 Å². The van der Waals surface area contributed by atoms with Crippen molar-refractivity contribution in [1.29, 1.82) is 0 Å². The monoisotopic (exact) mass is 367 g/mol. The van der Waals surface area contributed by atoms with E-state index in [1.807, 2.05) is 24.3 Å². The lowest BCUT2D eigenvalue weighted by molar-refractivity contribution is -0.123. The Morgan fingerprint density at radius 2 is 1.50 bits per heavy atom. The first-order chi connectivity index (χ1) is 11.5. The van der Waals surface area contributed by atoms with Crippen LogP contribution in [-0.4, -0.2) is 19.8 Å². The van der Waals surface area contributed by atoms with Crippen LogP contribution in [0.15, 0.2) is 48.5 Å². The van der Waals surface area contributed by atoms with Crippen LogP contribution >= 0.6 is 23.2 Å². The standard InChI is InChI=1S/C18H19Cl2NO3/c1-12(22)21-17(13-3-7-15(19)8-4-13)18(24-11-23-2)14-5-9-16(20)10-6-14/h3-10,17-18H,11H2,1-2H3,(H,21,22)/t17-,18+/m1/s1. The molecule has 2 aromatic carbocycles. The number of benzene rings is 2. The molecule has 0 radical (unpaired) electrons. The Bertz CT molecular complexity index is 659. The minimum Gasteiger partial charge on any atom is -0.359 e. The van der Waals surface area contributed by atoms with Gasteiger partial charge in [0.2, 0.25) is 5.91 Å². The highest BCUT2D eigenvalue weighted by atomic mass is 35.5. The largest absolute Gasteiger partial charge is 0.359 e. The Labute approximate surface area is 151 Å². The van der Waals surface area contributed by atoms with Gasteiger partial charge in [-0.25, -0.2) is 0 Å². The molecule has 0 aliphatic rings. The van der Waals surface area contributed by atoms with Crippen molar-refractivity contribution in [3.05, 3.63) is 69.7 Å². The van der Waals surface area contributed by atoms with Gasteiger partial charge in [-0.05, 0) is 35.4 Å². The molecule has 0 aromatic heterocycles. The van der Waals surface area contributed by atoms with E-state index < -0.39 is 12.1 Å². The number of methoxy groups -OCH3 is 1. The highest BCUT2D eigenvalue weighted by Gasteiger charge is 2.26. The van der Waals surface area contributed by atoms with Gasteiger partial charge >= 0.3 is 0 Å². The Morgan fingerprint density at radius 1 is 1.00 bits per heavy atom. The van der Waals surface area contributed by atoms with E-state index in [1.54, 1.807) is 31.4 Å². The zero-order chi connectivity index (χ0) is 17.5. The molecule has 2 rings (SSSR count). The van der Waals surface area contributed by atoms with Crippen molar-refractivity contribution in [3.63, 3.8) is 0 Å². The van der Waals surface area contributed by atoms with E-state index in [4.69, 9.17) is 32.7 Å². The van der Waals surface area contributed by atoms with Gasteiger partial charge in [0.25, 0.3) is 0 Å². The van der Waals surface area contributed by atoms with Gasteiger partial charge < -0.3 is 14.8 Å². The molecule has 0 saturated carbocycles. The predicted molar refractivity (Wildman–Crippen MR) is 95.2 cm³/mol. The molecule has 0 bridgehead atoms. The van der Waals surface area contributed by atoms with Crippen LogP contribution in [0.5, 0.6) is 0 Å². The molecule has 2 aromatic rings. The SMILES string of the molecule is COCO[C@@H](c1ccc(Cl)cc1)[C@H](NC(C)=O)c1ccc(Cl)cc1. The van der Waals surface area contributed by atoms with Gasteiger partial charge in [0, 0.05) is 24.1 Å². The maximum Gasteiger partial charge on any atom is 0.217 e. The predicted octanol–water partition coefficient (Wildman–Crippen LogP) is 4.53. The molecule has 0 unspecified atom stereocenters. The molecule has 0 saturated heterocycles. The fraction of sp³-hybridized carbons (Fsp3) is 0.278. The number of carbonyl (C=O) groups excluding carboxylic acids is 1. The number of hydrogen-bond donors (Lipinski definition) is 1. The number of halogens is 2. The van der Waals surface area contributed by atoms with Gasteiger partial charge in [0.05, 0.1) is 6.04 Å². The summed E-state index contributed by atoms with van der Waals surface area (Å²) in [5.41, 5.74) is 1.76. The maximum atomic E-state index is 11.7. The summed E-state index contributed by atoms with van der Waals surface area (Å²) in [7, 11) is 1.55. The normalized spacial score (nSPS) is 13.3. The summed E-state index contributed by atoms with van der Waals surface area (Å²) in [6, 6.07) is 14.2. The van der Waals surface area contributed by atoms with Gasteiger partial charge in [0.15, 0.2) is 0 Å². The van der Waals surface area contributed by atoms with Crippen molar-refractivity contribution in [2.45, 2.75) is 19.1 Å². The van der Waals surface area contributed by atoms with Crippen LogP contribution < -0.4 is 5.32 Å². The number of nitrogens with one attached hydrogen (secondary N) is 1. The fourth-order valence-corrected chi connectivity index (χ4v) is 2.65. The highest BCUT2D eigenvalue weighted by Crippen LogP contribution is 2.33. The molecule has 0 aliphatic carbocycles. The molecule has 1 N–H and O–H groups in total. The summed E-state index contributed by atoms with van der Waals surface area (Å²) in [4.78, 5) is 11.7. The third-order valence-corrected chi connectivity index (χ3v) is 3.96. The number of rotatable bonds is 7. The molecular weight excluding hydrogens is 349 g/mol. The first kappa shape index (κ1) is 18.7. The average molecular weight is 368 g/mol. The summed E-state index contributed by atoms with van der Waals surface area (Å²) in [5, 5.41) is 4.20. The second-order valence-corrected chi connectivity index (χ2v) is 6.15. The lowest BCUT2D eigenvalue weighted by Crippen LogP contribution is -2.32. The van der Waals surface area contributed by atoms with E-state index in [-0.39, 0.29) is 12.7 Å². The van der Waals surface area contributed by atoms with E-state index in [9.17, 15) is 4.79 Å². The first-order valence-electron chi connectivity index (χ1n) is 7.40. The molecular formula is C18H19Cl2NO3. The van der Waals surface area contributed by atoms with Crippen LogP contribution in [0.1, 0.15) is 30.2 Å². The first-order valence-corrected chi connectivity index (χ1v) is 8.15. The molecule has 0 fully saturated rings. The molecule has 128 valence electrons. The van der Waals surface area contributed by atoms with E-state index in [2.05, 4.69) is 5.32 Å². The number of hydrogen-bond acceptors (Lipinski definition) is 3. The third-order valence-electron chi connectivity index (χ3n) is 3.45. The zero-order valence-electron chi connectivity index (χ0n) is 13.5. The lowest BCUT2D eigenvalue weighted by atomic mass is 9.95. The molecule has 0 aliphatic heterocycles. The van der Waals surface area contributed by atoms with Gasteiger partial charge in [0.1, 0.15) is 12.9 Å². The summed E-state index contributed by atoms with van der Waals surface area (Å²) < 4.78 is 10.9. The van der Waals surface area contributed by atoms with Crippen LogP contribution in [0.3, 0.4) is 0 Å². The smallest absolute Gasteiger partial charge is 0.217 e. The molecule has 0 spiro atoms. The van der Waals surface area contributed by atoms with Crippen LogP contribution in [0.2, 0.25) is 10.0 Å². The average Bonchev–Trinajstić information content (AvgIpc) is 2.56. The molecule has 4 nitrogen and oxygen atoms in total. The molecule has 2 atom stereocenters. The maximum absolute atomic E-state index is 11.7. The summed E-state index contributed by atoms with van der Waals surface area (Å²) >= 11 is 11.9.